The summed E-state index contributed by atoms with van der Waals surface area (Å²) in [7, 11) is 0. The minimum atomic E-state index is -0.660. The van der Waals surface area contributed by atoms with Gasteiger partial charge in [0.05, 0.1) is 5.70 Å². The Kier molecular flexibility index (Phi) is 5.21. The van der Waals surface area contributed by atoms with Gasteiger partial charge in [-0.2, -0.15) is 4.98 Å². The molecule has 1 rings (SSSR count). The largest absolute Gasteiger partial charge is 0.443 e. The van der Waals surface area contributed by atoms with E-state index < -0.39 is 11.7 Å². The highest BCUT2D eigenvalue weighted by molar-refractivity contribution is 6.28. The third-order valence-electron chi connectivity index (χ3n) is 2.12. The Morgan fingerprint density at radius 3 is 2.60 bits per heavy atom. The van der Waals surface area contributed by atoms with E-state index >= 15 is 0 Å². The molecule has 0 saturated carbocycles. The molecular weight excluding hydrogens is 280 g/mol. The quantitative estimate of drug-likeness (QED) is 0.684. The molecule has 1 aromatic heterocycles. The molecule has 0 saturated heterocycles. The summed E-state index contributed by atoms with van der Waals surface area (Å²) in [6.07, 6.45) is 3.44. The zero-order valence-corrected chi connectivity index (χ0v) is 12.6. The molecule has 0 aliphatic heterocycles. The van der Waals surface area contributed by atoms with Crippen LogP contribution < -0.4 is 4.90 Å². The molecule has 1 N–H and O–H groups in total. The molecule has 0 unspecified atom stereocenters. The van der Waals surface area contributed by atoms with E-state index in [0.717, 1.165) is 6.21 Å². The fourth-order valence-corrected chi connectivity index (χ4v) is 1.51. The fraction of sp³-hybridized carbons (Fsp3) is 0.385. The maximum Gasteiger partial charge on any atom is 0.420 e. The summed E-state index contributed by atoms with van der Waals surface area (Å²) in [5, 5.41) is 7.41. The molecule has 1 amide bonds. The van der Waals surface area contributed by atoms with Crippen LogP contribution in [0.5, 0.6) is 0 Å². The third kappa shape index (κ3) is 4.31. The normalized spacial score (nSPS) is 11.9. The van der Waals surface area contributed by atoms with Crippen molar-refractivity contribution in [3.63, 3.8) is 0 Å². The lowest BCUT2D eigenvalue weighted by molar-refractivity contribution is 0.0593. The van der Waals surface area contributed by atoms with Crippen LogP contribution in [-0.2, 0) is 4.74 Å². The number of allylic oxidation sites excluding steroid dienone is 2. The van der Waals surface area contributed by atoms with E-state index in [1.54, 1.807) is 33.8 Å². The van der Waals surface area contributed by atoms with Crippen LogP contribution >= 0.6 is 11.6 Å². The second-order valence-electron chi connectivity index (χ2n) is 4.86. The van der Waals surface area contributed by atoms with Crippen LogP contribution in [0.3, 0.4) is 0 Å². The van der Waals surface area contributed by atoms with Crippen LogP contribution in [0.25, 0.3) is 0 Å². The molecule has 20 heavy (non-hydrogen) atoms. The number of amides is 1. The number of halogens is 1. The first-order valence-electron chi connectivity index (χ1n) is 5.97. The highest BCUT2D eigenvalue weighted by Gasteiger charge is 2.26. The monoisotopic (exact) mass is 296 g/mol. The molecule has 7 heteroatoms. The Hall–Kier alpha value is -1.95. The van der Waals surface area contributed by atoms with Crippen molar-refractivity contribution in [2.24, 2.45) is 0 Å². The highest BCUT2D eigenvalue weighted by atomic mass is 35.5. The summed E-state index contributed by atoms with van der Waals surface area (Å²) in [5.74, 6) is 0.246. The molecule has 1 heterocycles. The van der Waals surface area contributed by atoms with Gasteiger partial charge in [0.25, 0.3) is 0 Å². The average Bonchev–Trinajstić information content (AvgIpc) is 2.33. The molecule has 6 nitrogen and oxygen atoms in total. The number of carbonyl (C=O) groups is 1. The summed E-state index contributed by atoms with van der Waals surface area (Å²) in [4.78, 5) is 21.2. The molecule has 0 bridgehead atoms. The lowest BCUT2D eigenvalue weighted by Crippen LogP contribution is -2.37. The lowest BCUT2D eigenvalue weighted by atomic mass is 10.2. The minimum absolute atomic E-state index is 0.0106. The predicted molar refractivity (Wildman–Crippen MR) is 78.3 cm³/mol. The van der Waals surface area contributed by atoms with Crippen LogP contribution in [0, 0.1) is 5.41 Å². The van der Waals surface area contributed by atoms with Gasteiger partial charge < -0.3 is 10.1 Å². The number of aromatic nitrogens is 2. The van der Waals surface area contributed by atoms with E-state index in [2.05, 4.69) is 9.97 Å². The molecule has 0 aromatic carbocycles. The number of anilines is 1. The van der Waals surface area contributed by atoms with Gasteiger partial charge in [0.1, 0.15) is 11.4 Å². The fourth-order valence-electron chi connectivity index (χ4n) is 1.37. The predicted octanol–water partition coefficient (Wildman–Crippen LogP) is 3.42. The molecule has 108 valence electrons. The van der Waals surface area contributed by atoms with Crippen LogP contribution in [0.1, 0.15) is 27.7 Å². The number of rotatable bonds is 3. The first-order valence-corrected chi connectivity index (χ1v) is 6.34. The second kappa shape index (κ2) is 6.47. The van der Waals surface area contributed by atoms with E-state index in [-0.39, 0.29) is 11.1 Å². The maximum atomic E-state index is 12.3. The lowest BCUT2D eigenvalue weighted by Gasteiger charge is -2.26. The standard InChI is InChI=1S/C13H17ClN4O2/c1-5-9(8-15)18(12(19)20-13(2,3)4)10-6-7-16-11(14)17-10/h5-8,15H,1-4H3. The topological polar surface area (TPSA) is 79.2 Å². The Morgan fingerprint density at radius 1 is 1.50 bits per heavy atom. The van der Waals surface area contributed by atoms with Gasteiger partial charge in [-0.1, -0.05) is 6.08 Å². The Balaban J connectivity index is 3.22. The van der Waals surface area contributed by atoms with E-state index in [0.29, 0.717) is 5.70 Å². The van der Waals surface area contributed by atoms with Crippen molar-refractivity contribution in [3.05, 3.63) is 29.3 Å². The second-order valence-corrected chi connectivity index (χ2v) is 5.20. The van der Waals surface area contributed by atoms with Gasteiger partial charge >= 0.3 is 6.09 Å². The summed E-state index contributed by atoms with van der Waals surface area (Å²) in [5.41, 5.74) is -0.332. The van der Waals surface area contributed by atoms with E-state index in [1.165, 1.54) is 17.2 Å². The van der Waals surface area contributed by atoms with Crippen LogP contribution in [0.2, 0.25) is 5.28 Å². The zero-order chi connectivity index (χ0) is 15.3. The summed E-state index contributed by atoms with van der Waals surface area (Å²) in [6, 6.07) is 1.52. The SMILES string of the molecule is CC=C(C=N)N(C(=O)OC(C)(C)C)c1ccnc(Cl)n1. The first kappa shape index (κ1) is 16.1. The van der Waals surface area contributed by atoms with Gasteiger partial charge in [-0.15, -0.1) is 0 Å². The van der Waals surface area contributed by atoms with Crippen LogP contribution in [-0.4, -0.2) is 27.9 Å². The zero-order valence-electron chi connectivity index (χ0n) is 11.8. The van der Waals surface area contributed by atoms with Crippen LogP contribution in [0.4, 0.5) is 10.6 Å². The van der Waals surface area contributed by atoms with Gasteiger partial charge in [0.2, 0.25) is 5.28 Å². The molecule has 0 radical (unpaired) electrons. The number of carbonyl (C=O) groups excluding carboxylic acids is 1. The molecule has 0 aliphatic carbocycles. The van der Waals surface area contributed by atoms with Crippen molar-refractivity contribution in [2.75, 3.05) is 4.90 Å². The van der Waals surface area contributed by atoms with E-state index in [4.69, 9.17) is 21.7 Å². The minimum Gasteiger partial charge on any atom is -0.443 e. The van der Waals surface area contributed by atoms with Gasteiger partial charge in [0.15, 0.2) is 0 Å². The maximum absolute atomic E-state index is 12.3. The van der Waals surface area contributed by atoms with Crippen molar-refractivity contribution in [3.8, 4) is 0 Å². The smallest absolute Gasteiger partial charge is 0.420 e. The van der Waals surface area contributed by atoms with Crippen molar-refractivity contribution in [1.82, 2.24) is 9.97 Å². The van der Waals surface area contributed by atoms with Gasteiger partial charge in [0, 0.05) is 18.5 Å². The van der Waals surface area contributed by atoms with Gasteiger partial charge in [-0.25, -0.2) is 14.7 Å². The third-order valence-corrected chi connectivity index (χ3v) is 2.30. The van der Waals surface area contributed by atoms with Crippen LogP contribution in [0.15, 0.2) is 24.0 Å². The number of hydrogen-bond acceptors (Lipinski definition) is 5. The Labute approximate surface area is 122 Å². The molecule has 1 aromatic rings. The number of nitrogens with one attached hydrogen (secondary N) is 1. The van der Waals surface area contributed by atoms with E-state index in [1.807, 2.05) is 0 Å². The van der Waals surface area contributed by atoms with Crippen molar-refractivity contribution < 1.29 is 9.53 Å². The number of nitrogens with zero attached hydrogens (tertiary/aromatic N) is 3. The number of ether oxygens (including phenoxy) is 1. The molecule has 0 spiro atoms. The first-order chi connectivity index (χ1) is 9.28. The molecular formula is C13H17ClN4O2. The molecule has 0 atom stereocenters. The Morgan fingerprint density at radius 2 is 2.15 bits per heavy atom. The molecule has 0 fully saturated rings. The van der Waals surface area contributed by atoms with Crippen molar-refractivity contribution in [2.45, 2.75) is 33.3 Å². The van der Waals surface area contributed by atoms with E-state index in [9.17, 15) is 4.79 Å². The average molecular weight is 297 g/mol. The Bertz CT molecular complexity index is 537. The number of hydrogen-bond donors (Lipinski definition) is 1. The van der Waals surface area contributed by atoms with Gasteiger partial charge in [-0.05, 0) is 39.3 Å². The summed E-state index contributed by atoms with van der Waals surface area (Å²) >= 11 is 5.74. The van der Waals surface area contributed by atoms with Crippen molar-refractivity contribution in [1.29, 1.82) is 5.41 Å². The van der Waals surface area contributed by atoms with Crippen molar-refractivity contribution >= 4 is 29.7 Å². The summed E-state index contributed by atoms with van der Waals surface area (Å²) < 4.78 is 5.32. The van der Waals surface area contributed by atoms with Gasteiger partial charge in [-0.3, -0.25) is 0 Å². The molecule has 0 aliphatic rings. The highest BCUT2D eigenvalue weighted by Crippen LogP contribution is 2.20. The summed E-state index contributed by atoms with van der Waals surface area (Å²) in [6.45, 7) is 6.99.